The standard InChI is InChI=1S/C75H147NO5/c1-3-5-7-9-11-13-15-17-18-19-35-39-42-45-49-53-57-61-65-69-75(80)81-70-66-62-58-54-50-46-43-40-37-34-32-30-28-26-24-22-20-21-23-25-27-29-31-33-36-38-41-44-48-52-56-60-64-68-74(79)76-72(71-77)73(78)67-63-59-55-51-47-16-14-12-10-8-6-4-2/h24,26,72-73,77-78H,3-23,25,27-71H2,1-2H3,(H,76,79)/b26-24-. The number of carbonyl (C=O) groups excluding carboxylic acids is 2. The van der Waals surface area contributed by atoms with Crippen molar-refractivity contribution in [1.29, 1.82) is 0 Å². The second-order valence-corrected chi connectivity index (χ2v) is 26.0. The molecule has 0 aliphatic rings. The molecule has 0 aliphatic carbocycles. The Labute approximate surface area is 508 Å². The number of unbranched alkanes of at least 4 members (excludes halogenated alkanes) is 58. The number of nitrogens with one attached hydrogen (secondary N) is 1. The third-order valence-electron chi connectivity index (χ3n) is 17.8. The molecule has 0 radical (unpaired) electrons. The molecule has 0 saturated carbocycles. The van der Waals surface area contributed by atoms with E-state index in [2.05, 4.69) is 31.3 Å². The first-order valence-corrected chi connectivity index (χ1v) is 37.4. The highest BCUT2D eigenvalue weighted by atomic mass is 16.5. The maximum absolute atomic E-state index is 12.5. The van der Waals surface area contributed by atoms with E-state index in [1.807, 2.05) is 0 Å². The molecule has 0 fully saturated rings. The van der Waals surface area contributed by atoms with E-state index in [1.165, 1.54) is 360 Å². The number of amides is 1. The van der Waals surface area contributed by atoms with Crippen molar-refractivity contribution in [3.63, 3.8) is 0 Å². The fraction of sp³-hybridized carbons (Fsp3) is 0.947. The summed E-state index contributed by atoms with van der Waals surface area (Å²) < 4.78 is 5.52. The number of aliphatic hydroxyl groups is 2. The predicted molar refractivity (Wildman–Crippen MR) is 357 cm³/mol. The summed E-state index contributed by atoms with van der Waals surface area (Å²) >= 11 is 0. The number of hydrogen-bond acceptors (Lipinski definition) is 5. The summed E-state index contributed by atoms with van der Waals surface area (Å²) in [5, 5.41) is 23.3. The predicted octanol–water partition coefficient (Wildman–Crippen LogP) is 24.3. The topological polar surface area (TPSA) is 95.9 Å². The molecule has 2 atom stereocenters. The van der Waals surface area contributed by atoms with Gasteiger partial charge < -0.3 is 20.3 Å². The Morgan fingerprint density at radius 2 is 0.580 bits per heavy atom. The largest absolute Gasteiger partial charge is 0.466 e. The molecule has 0 saturated heterocycles. The van der Waals surface area contributed by atoms with E-state index in [-0.39, 0.29) is 18.5 Å². The van der Waals surface area contributed by atoms with Crippen LogP contribution in [0, 0.1) is 0 Å². The molecule has 0 aromatic rings. The lowest BCUT2D eigenvalue weighted by atomic mass is 10.0. The van der Waals surface area contributed by atoms with Crippen LogP contribution in [0.2, 0.25) is 0 Å². The average Bonchev–Trinajstić information content (AvgIpc) is 3.47. The summed E-state index contributed by atoms with van der Waals surface area (Å²) in [5.74, 6) is -0.00521. The third kappa shape index (κ3) is 67.6. The molecule has 482 valence electrons. The van der Waals surface area contributed by atoms with Crippen LogP contribution in [0.15, 0.2) is 12.2 Å². The number of ether oxygens (including phenoxy) is 1. The second kappa shape index (κ2) is 71.1. The van der Waals surface area contributed by atoms with Gasteiger partial charge in [0.2, 0.25) is 5.91 Å². The van der Waals surface area contributed by atoms with Crippen LogP contribution in [0.1, 0.15) is 431 Å². The van der Waals surface area contributed by atoms with Gasteiger partial charge in [-0.05, 0) is 51.4 Å². The summed E-state index contributed by atoms with van der Waals surface area (Å²) in [5.41, 5.74) is 0. The number of allylic oxidation sites excluding steroid dienone is 2. The molecule has 0 heterocycles. The molecular formula is C75H147NO5. The first-order chi connectivity index (χ1) is 40.0. The van der Waals surface area contributed by atoms with Crippen molar-refractivity contribution < 1.29 is 24.5 Å². The van der Waals surface area contributed by atoms with Gasteiger partial charge in [-0.1, -0.05) is 379 Å². The highest BCUT2D eigenvalue weighted by Crippen LogP contribution is 2.20. The highest BCUT2D eigenvalue weighted by molar-refractivity contribution is 5.76. The second-order valence-electron chi connectivity index (χ2n) is 26.0. The van der Waals surface area contributed by atoms with E-state index in [4.69, 9.17) is 4.74 Å². The Morgan fingerprint density at radius 1 is 0.333 bits per heavy atom. The van der Waals surface area contributed by atoms with Crippen LogP contribution in [0.25, 0.3) is 0 Å². The summed E-state index contributed by atoms with van der Waals surface area (Å²) in [4.78, 5) is 24.6. The molecule has 2 unspecified atom stereocenters. The van der Waals surface area contributed by atoms with Crippen LogP contribution in [-0.4, -0.2) is 47.4 Å². The van der Waals surface area contributed by atoms with Crippen LogP contribution in [0.4, 0.5) is 0 Å². The van der Waals surface area contributed by atoms with E-state index < -0.39 is 12.1 Å². The summed E-state index contributed by atoms with van der Waals surface area (Å²) in [7, 11) is 0. The first kappa shape index (κ1) is 79.6. The molecule has 0 rings (SSSR count). The van der Waals surface area contributed by atoms with Gasteiger partial charge in [0.25, 0.3) is 0 Å². The van der Waals surface area contributed by atoms with Crippen molar-refractivity contribution in [2.75, 3.05) is 13.2 Å². The molecule has 1 amide bonds. The monoisotopic (exact) mass is 1140 g/mol. The summed E-state index contributed by atoms with van der Waals surface area (Å²) in [6, 6.07) is -0.537. The van der Waals surface area contributed by atoms with Crippen LogP contribution in [0.5, 0.6) is 0 Å². The number of rotatable bonds is 71. The van der Waals surface area contributed by atoms with Crippen LogP contribution in [-0.2, 0) is 14.3 Å². The van der Waals surface area contributed by atoms with Crippen LogP contribution < -0.4 is 5.32 Å². The fourth-order valence-electron chi connectivity index (χ4n) is 12.1. The van der Waals surface area contributed by atoms with E-state index in [9.17, 15) is 19.8 Å². The average molecular weight is 1140 g/mol. The van der Waals surface area contributed by atoms with Crippen molar-refractivity contribution in [3.05, 3.63) is 12.2 Å². The van der Waals surface area contributed by atoms with E-state index >= 15 is 0 Å². The molecule has 81 heavy (non-hydrogen) atoms. The molecule has 6 nitrogen and oxygen atoms in total. The van der Waals surface area contributed by atoms with Crippen molar-refractivity contribution in [3.8, 4) is 0 Å². The summed E-state index contributed by atoms with van der Waals surface area (Å²) in [6.45, 7) is 4.99. The Morgan fingerprint density at radius 3 is 0.877 bits per heavy atom. The van der Waals surface area contributed by atoms with Crippen LogP contribution in [0.3, 0.4) is 0 Å². The van der Waals surface area contributed by atoms with Crippen molar-refractivity contribution in [2.24, 2.45) is 0 Å². The molecule has 0 aliphatic heterocycles. The van der Waals surface area contributed by atoms with Crippen molar-refractivity contribution in [2.45, 2.75) is 443 Å². The number of esters is 1. The zero-order chi connectivity index (χ0) is 58.5. The lowest BCUT2D eigenvalue weighted by Crippen LogP contribution is -2.45. The van der Waals surface area contributed by atoms with Crippen molar-refractivity contribution in [1.82, 2.24) is 5.32 Å². The highest BCUT2D eigenvalue weighted by Gasteiger charge is 2.20. The zero-order valence-electron chi connectivity index (χ0n) is 55.3. The maximum atomic E-state index is 12.5. The van der Waals surface area contributed by atoms with Gasteiger partial charge in [0.15, 0.2) is 0 Å². The lowest BCUT2D eigenvalue weighted by molar-refractivity contribution is -0.143. The molecule has 0 aromatic heterocycles. The SMILES string of the molecule is CCCCCCCCCCCCCCCCCCCCCC(=O)OCCCCCCCCCCCCCC/C=C\CCCCCCCCCCCCCCCCCCCC(=O)NC(CO)C(O)CCCCCCCCCCCCCC. The van der Waals surface area contributed by atoms with Gasteiger partial charge >= 0.3 is 5.97 Å². The Hall–Kier alpha value is -1.40. The molecule has 0 aromatic carbocycles. The summed E-state index contributed by atoms with van der Waals surface area (Å²) in [6.07, 6.45) is 88.7. The quantitative estimate of drug-likeness (QED) is 0.0320. The van der Waals surface area contributed by atoms with Gasteiger partial charge in [-0.3, -0.25) is 9.59 Å². The van der Waals surface area contributed by atoms with Crippen molar-refractivity contribution >= 4 is 11.9 Å². The minimum absolute atomic E-state index is 0.0245. The number of hydrogen-bond donors (Lipinski definition) is 3. The van der Waals surface area contributed by atoms with Gasteiger partial charge in [-0.15, -0.1) is 0 Å². The fourth-order valence-corrected chi connectivity index (χ4v) is 12.1. The maximum Gasteiger partial charge on any atom is 0.305 e. The lowest BCUT2D eigenvalue weighted by Gasteiger charge is -2.22. The number of aliphatic hydroxyl groups excluding tert-OH is 2. The number of carbonyl (C=O) groups is 2. The smallest absolute Gasteiger partial charge is 0.305 e. The molecule has 6 heteroatoms. The van der Waals surface area contributed by atoms with Gasteiger partial charge in [-0.2, -0.15) is 0 Å². The molecular weight excluding hydrogens is 995 g/mol. The Balaban J connectivity index is 3.31. The van der Waals surface area contributed by atoms with E-state index in [1.54, 1.807) is 0 Å². The van der Waals surface area contributed by atoms with Gasteiger partial charge in [0, 0.05) is 12.8 Å². The van der Waals surface area contributed by atoms with E-state index in [0.29, 0.717) is 25.9 Å². The van der Waals surface area contributed by atoms with Gasteiger partial charge in [0.1, 0.15) is 0 Å². The Bertz CT molecular complexity index is 1220. The molecule has 3 N–H and O–H groups in total. The molecule has 0 spiro atoms. The zero-order valence-corrected chi connectivity index (χ0v) is 55.3. The Kier molecular flexibility index (Phi) is 69.9. The van der Waals surface area contributed by atoms with Crippen LogP contribution >= 0.6 is 0 Å². The van der Waals surface area contributed by atoms with Gasteiger partial charge in [-0.25, -0.2) is 0 Å². The minimum Gasteiger partial charge on any atom is -0.466 e. The normalized spacial score (nSPS) is 12.5. The van der Waals surface area contributed by atoms with Gasteiger partial charge in [0.05, 0.1) is 25.4 Å². The van der Waals surface area contributed by atoms with E-state index in [0.717, 1.165) is 38.5 Å². The third-order valence-corrected chi connectivity index (χ3v) is 17.8. The minimum atomic E-state index is -0.660. The molecule has 0 bridgehead atoms. The first-order valence-electron chi connectivity index (χ1n) is 37.4.